The first-order chi connectivity index (χ1) is 12.0. The van der Waals surface area contributed by atoms with Crippen LogP contribution in [0.2, 0.25) is 0 Å². The third-order valence-corrected chi connectivity index (χ3v) is 3.17. The molecule has 0 unspecified atom stereocenters. The van der Waals surface area contributed by atoms with Crippen molar-refractivity contribution in [3.05, 3.63) is 71.8 Å². The van der Waals surface area contributed by atoms with E-state index in [0.717, 1.165) is 0 Å². The van der Waals surface area contributed by atoms with E-state index in [0.29, 0.717) is 0 Å². The third kappa shape index (κ3) is 4.74. The van der Waals surface area contributed by atoms with Crippen molar-refractivity contribution in [2.45, 2.75) is 12.2 Å². The van der Waals surface area contributed by atoms with Gasteiger partial charge < -0.3 is 14.6 Å². The van der Waals surface area contributed by atoms with Gasteiger partial charge in [0.25, 0.3) is 0 Å². The van der Waals surface area contributed by atoms with Crippen LogP contribution in [0.1, 0.15) is 20.7 Å². The molecule has 0 radical (unpaired) electrons. The second-order valence-corrected chi connectivity index (χ2v) is 4.90. The maximum absolute atomic E-state index is 12.0. The largest absolute Gasteiger partial charge is 0.478 e. The molecule has 0 aliphatic heterocycles. The lowest BCUT2D eigenvalue weighted by Gasteiger charge is -2.19. The first-order valence-corrected chi connectivity index (χ1v) is 7.23. The van der Waals surface area contributed by atoms with Crippen molar-refractivity contribution in [1.29, 1.82) is 0 Å². The number of carboxylic acid groups (broad SMARTS) is 1. The highest BCUT2D eigenvalue weighted by Gasteiger charge is 2.35. The minimum absolute atomic E-state index is 0.104. The summed E-state index contributed by atoms with van der Waals surface area (Å²) in [6.07, 6.45) is -3.63. The maximum atomic E-state index is 12.0. The summed E-state index contributed by atoms with van der Waals surface area (Å²) in [4.78, 5) is 46.5. The van der Waals surface area contributed by atoms with Crippen LogP contribution in [-0.4, -0.2) is 41.5 Å². The number of carbonyl (C=O) groups is 4. The lowest BCUT2D eigenvalue weighted by Crippen LogP contribution is -2.42. The van der Waals surface area contributed by atoms with E-state index in [1.54, 1.807) is 36.4 Å². The lowest BCUT2D eigenvalue weighted by molar-refractivity contribution is -0.155. The highest BCUT2D eigenvalue weighted by molar-refractivity contribution is 5.93. The van der Waals surface area contributed by atoms with Gasteiger partial charge in [0.15, 0.2) is 6.29 Å². The molecule has 2 aromatic carbocycles. The van der Waals surface area contributed by atoms with Crippen LogP contribution in [-0.2, 0) is 19.1 Å². The SMILES string of the molecule is O=C[C@@H](OC(=O)c1ccccc1)[C@H](OC(=O)c1ccccc1)C(=O)O. The van der Waals surface area contributed by atoms with Crippen LogP contribution in [0.5, 0.6) is 0 Å². The first kappa shape index (κ1) is 17.9. The standard InChI is InChI=1S/C18H14O7/c19-11-14(24-17(22)12-7-3-1-4-8-12)15(16(20)21)25-18(23)13-9-5-2-6-10-13/h1-11,14-15H,(H,20,21)/t14-,15+/m1/s1. The van der Waals surface area contributed by atoms with Crippen LogP contribution in [0.15, 0.2) is 60.7 Å². The van der Waals surface area contributed by atoms with E-state index < -0.39 is 30.1 Å². The van der Waals surface area contributed by atoms with Gasteiger partial charge in [0.1, 0.15) is 0 Å². The van der Waals surface area contributed by atoms with Gasteiger partial charge in [-0.15, -0.1) is 0 Å². The van der Waals surface area contributed by atoms with E-state index in [2.05, 4.69) is 0 Å². The van der Waals surface area contributed by atoms with E-state index in [9.17, 15) is 24.3 Å². The highest BCUT2D eigenvalue weighted by Crippen LogP contribution is 2.11. The zero-order valence-electron chi connectivity index (χ0n) is 12.9. The summed E-state index contributed by atoms with van der Waals surface area (Å²) in [6, 6.07) is 15.4. The summed E-state index contributed by atoms with van der Waals surface area (Å²) in [5.41, 5.74) is 0.237. The van der Waals surface area contributed by atoms with Crippen LogP contribution >= 0.6 is 0 Å². The number of carbonyl (C=O) groups excluding carboxylic acids is 3. The third-order valence-electron chi connectivity index (χ3n) is 3.17. The molecule has 0 aliphatic rings. The molecule has 1 N–H and O–H groups in total. The Hall–Kier alpha value is -3.48. The summed E-state index contributed by atoms with van der Waals surface area (Å²) >= 11 is 0. The fourth-order valence-corrected chi connectivity index (χ4v) is 1.94. The Morgan fingerprint density at radius 1 is 0.800 bits per heavy atom. The average molecular weight is 342 g/mol. The Morgan fingerprint density at radius 2 is 1.24 bits per heavy atom. The molecule has 2 aromatic rings. The fourth-order valence-electron chi connectivity index (χ4n) is 1.94. The van der Waals surface area contributed by atoms with Gasteiger partial charge in [-0.05, 0) is 24.3 Å². The minimum atomic E-state index is -1.96. The number of benzene rings is 2. The van der Waals surface area contributed by atoms with Crippen molar-refractivity contribution in [1.82, 2.24) is 0 Å². The number of aliphatic carboxylic acids is 1. The zero-order valence-corrected chi connectivity index (χ0v) is 12.9. The summed E-state index contributed by atoms with van der Waals surface area (Å²) in [5.74, 6) is -3.46. The maximum Gasteiger partial charge on any atom is 0.349 e. The molecule has 7 heteroatoms. The molecule has 0 bridgehead atoms. The molecular formula is C18H14O7. The molecule has 0 spiro atoms. The Kier molecular flexibility index (Phi) is 6.00. The Bertz CT molecular complexity index is 756. The smallest absolute Gasteiger partial charge is 0.349 e. The van der Waals surface area contributed by atoms with Gasteiger partial charge >= 0.3 is 17.9 Å². The van der Waals surface area contributed by atoms with Crippen LogP contribution in [0.4, 0.5) is 0 Å². The summed E-state index contributed by atoms with van der Waals surface area (Å²) in [6.45, 7) is 0. The van der Waals surface area contributed by atoms with E-state index in [1.807, 2.05) is 0 Å². The molecule has 25 heavy (non-hydrogen) atoms. The van der Waals surface area contributed by atoms with Gasteiger partial charge in [-0.3, -0.25) is 4.79 Å². The Balaban J connectivity index is 2.13. The number of esters is 2. The quantitative estimate of drug-likeness (QED) is 0.603. The fraction of sp³-hybridized carbons (Fsp3) is 0.111. The van der Waals surface area contributed by atoms with Gasteiger partial charge in [-0.2, -0.15) is 0 Å². The molecule has 7 nitrogen and oxygen atoms in total. The van der Waals surface area contributed by atoms with Gasteiger partial charge in [0, 0.05) is 0 Å². The van der Waals surface area contributed by atoms with Crippen LogP contribution in [0.25, 0.3) is 0 Å². The van der Waals surface area contributed by atoms with Crippen molar-refractivity contribution in [3.63, 3.8) is 0 Å². The van der Waals surface area contributed by atoms with Crippen LogP contribution < -0.4 is 0 Å². The first-order valence-electron chi connectivity index (χ1n) is 7.23. The molecule has 2 atom stereocenters. The van der Waals surface area contributed by atoms with Crippen LogP contribution in [0, 0.1) is 0 Å². The Labute approximate surface area is 142 Å². The van der Waals surface area contributed by atoms with Gasteiger partial charge in [-0.1, -0.05) is 36.4 Å². The number of hydrogen-bond donors (Lipinski definition) is 1. The number of hydrogen-bond acceptors (Lipinski definition) is 6. The second-order valence-electron chi connectivity index (χ2n) is 4.90. The van der Waals surface area contributed by atoms with E-state index >= 15 is 0 Å². The van der Waals surface area contributed by atoms with Gasteiger partial charge in [0.05, 0.1) is 11.1 Å². The predicted molar refractivity (Wildman–Crippen MR) is 85.0 cm³/mol. The van der Waals surface area contributed by atoms with E-state index in [-0.39, 0.29) is 17.4 Å². The summed E-state index contributed by atoms with van der Waals surface area (Å²) in [5, 5.41) is 9.23. The van der Waals surface area contributed by atoms with E-state index in [4.69, 9.17) is 9.47 Å². The number of rotatable bonds is 7. The molecule has 128 valence electrons. The number of ether oxygens (including phenoxy) is 2. The minimum Gasteiger partial charge on any atom is -0.478 e. The second kappa shape index (κ2) is 8.39. The van der Waals surface area contributed by atoms with Crippen molar-refractivity contribution in [3.8, 4) is 0 Å². The highest BCUT2D eigenvalue weighted by atomic mass is 16.6. The van der Waals surface area contributed by atoms with Gasteiger partial charge in [-0.25, -0.2) is 14.4 Å². The predicted octanol–water partition coefficient (Wildman–Crippen LogP) is 1.72. The zero-order chi connectivity index (χ0) is 18.2. The molecular weight excluding hydrogens is 328 g/mol. The normalized spacial score (nSPS) is 12.5. The van der Waals surface area contributed by atoms with Crippen molar-refractivity contribution in [2.75, 3.05) is 0 Å². The summed E-state index contributed by atoms with van der Waals surface area (Å²) < 4.78 is 9.72. The lowest BCUT2D eigenvalue weighted by atomic mass is 10.2. The molecule has 0 aromatic heterocycles. The monoisotopic (exact) mass is 342 g/mol. The molecule has 0 saturated heterocycles. The van der Waals surface area contributed by atoms with Gasteiger partial charge in [0.2, 0.25) is 12.2 Å². The van der Waals surface area contributed by atoms with Crippen molar-refractivity contribution >= 4 is 24.2 Å². The molecule has 2 rings (SSSR count). The molecule has 0 amide bonds. The van der Waals surface area contributed by atoms with Crippen molar-refractivity contribution < 1.29 is 33.8 Å². The Morgan fingerprint density at radius 3 is 1.64 bits per heavy atom. The molecule has 0 heterocycles. The average Bonchev–Trinajstić information content (AvgIpc) is 2.65. The molecule has 0 aliphatic carbocycles. The number of aldehydes is 1. The number of carboxylic acids is 1. The summed E-state index contributed by atoms with van der Waals surface area (Å²) in [7, 11) is 0. The topological polar surface area (TPSA) is 107 Å². The molecule has 0 saturated carbocycles. The van der Waals surface area contributed by atoms with E-state index in [1.165, 1.54) is 24.3 Å². The molecule has 0 fully saturated rings. The van der Waals surface area contributed by atoms with Crippen molar-refractivity contribution in [2.24, 2.45) is 0 Å². The van der Waals surface area contributed by atoms with Crippen LogP contribution in [0.3, 0.4) is 0 Å².